The molecule has 1 saturated heterocycles. The molecule has 0 aromatic heterocycles. The summed E-state index contributed by atoms with van der Waals surface area (Å²) < 4.78 is 0. The average Bonchev–Trinajstić information content (AvgIpc) is 2.58. The molecule has 0 radical (unpaired) electrons. The number of thioether (sulfide) groups is 1. The van der Waals surface area contributed by atoms with Gasteiger partial charge in [-0.05, 0) is 24.7 Å². The maximum atomic E-state index is 9.24. The van der Waals surface area contributed by atoms with Crippen LogP contribution in [-0.4, -0.2) is 35.2 Å². The third-order valence-electron chi connectivity index (χ3n) is 3.42. The molecule has 80 valence electrons. The number of fused-ring (bicyclic) bond motifs is 1. The second-order valence-corrected chi connectivity index (χ2v) is 5.56. The monoisotopic (exact) mass is 214 g/mol. The number of nitrogens with zero attached hydrogens (tertiary/aromatic N) is 1. The minimum Gasteiger partial charge on any atom is -0.396 e. The molecule has 4 heteroatoms. The van der Waals surface area contributed by atoms with Crippen LogP contribution in [0.15, 0.2) is 4.99 Å². The summed E-state index contributed by atoms with van der Waals surface area (Å²) in [5.74, 6) is 1.12. The highest BCUT2D eigenvalue weighted by Gasteiger charge is 2.40. The Morgan fingerprint density at radius 2 is 2.36 bits per heavy atom. The molecule has 2 fully saturated rings. The van der Waals surface area contributed by atoms with E-state index in [0.717, 1.165) is 11.6 Å². The molecule has 0 bridgehead atoms. The van der Waals surface area contributed by atoms with Gasteiger partial charge < -0.3 is 10.4 Å². The summed E-state index contributed by atoms with van der Waals surface area (Å²) in [5, 5.41) is 14.4. The van der Waals surface area contributed by atoms with Gasteiger partial charge in [0.1, 0.15) is 0 Å². The lowest BCUT2D eigenvalue weighted by Crippen LogP contribution is -2.41. The highest BCUT2D eigenvalue weighted by Crippen LogP contribution is 2.39. The molecule has 1 heterocycles. The smallest absolute Gasteiger partial charge is 0.156 e. The van der Waals surface area contributed by atoms with E-state index in [1.165, 1.54) is 6.42 Å². The zero-order chi connectivity index (χ0) is 10.1. The van der Waals surface area contributed by atoms with Gasteiger partial charge in [-0.1, -0.05) is 18.7 Å². The van der Waals surface area contributed by atoms with Gasteiger partial charge in [0.15, 0.2) is 5.17 Å². The Bertz CT molecular complexity index is 244. The van der Waals surface area contributed by atoms with Crippen molar-refractivity contribution < 1.29 is 5.11 Å². The Labute approximate surface area is 89.4 Å². The van der Waals surface area contributed by atoms with Crippen LogP contribution in [0.25, 0.3) is 0 Å². The van der Waals surface area contributed by atoms with E-state index < -0.39 is 0 Å². The third kappa shape index (κ3) is 1.77. The van der Waals surface area contributed by atoms with Crippen LogP contribution in [0.2, 0.25) is 0 Å². The molecule has 0 aromatic carbocycles. The largest absolute Gasteiger partial charge is 0.396 e. The van der Waals surface area contributed by atoms with Crippen molar-refractivity contribution in [2.75, 3.05) is 13.7 Å². The summed E-state index contributed by atoms with van der Waals surface area (Å²) in [6.07, 6.45) is 2.29. The molecule has 3 nitrogen and oxygen atoms in total. The predicted molar refractivity (Wildman–Crippen MR) is 60.6 cm³/mol. The van der Waals surface area contributed by atoms with E-state index >= 15 is 0 Å². The lowest BCUT2D eigenvalue weighted by molar-refractivity contribution is 0.137. The Balaban J connectivity index is 2.03. The van der Waals surface area contributed by atoms with E-state index in [9.17, 15) is 5.11 Å². The van der Waals surface area contributed by atoms with Gasteiger partial charge in [-0.2, -0.15) is 0 Å². The van der Waals surface area contributed by atoms with Gasteiger partial charge >= 0.3 is 0 Å². The lowest BCUT2D eigenvalue weighted by atomic mass is 9.78. The molecule has 0 spiro atoms. The molecule has 14 heavy (non-hydrogen) atoms. The zero-order valence-corrected chi connectivity index (χ0v) is 9.55. The first-order chi connectivity index (χ1) is 6.74. The zero-order valence-electron chi connectivity index (χ0n) is 8.73. The van der Waals surface area contributed by atoms with Gasteiger partial charge in [-0.3, -0.25) is 4.99 Å². The van der Waals surface area contributed by atoms with Gasteiger partial charge in [-0.25, -0.2) is 0 Å². The SMILES string of the molecule is CN=C1NC2CC(C)C(CO)CC2S1. The maximum Gasteiger partial charge on any atom is 0.156 e. The number of nitrogens with one attached hydrogen (secondary N) is 1. The van der Waals surface area contributed by atoms with Crippen LogP contribution in [-0.2, 0) is 0 Å². The van der Waals surface area contributed by atoms with Crippen molar-refractivity contribution in [3.63, 3.8) is 0 Å². The van der Waals surface area contributed by atoms with Gasteiger partial charge in [0.25, 0.3) is 0 Å². The van der Waals surface area contributed by atoms with Crippen molar-refractivity contribution in [3.8, 4) is 0 Å². The molecule has 2 rings (SSSR count). The van der Waals surface area contributed by atoms with E-state index in [1.807, 2.05) is 18.8 Å². The predicted octanol–water partition coefficient (Wildman–Crippen LogP) is 1.08. The standard InChI is InChI=1S/C10H18N2OS/c1-6-3-8-9(4-7(6)5-13)14-10(11-2)12-8/h6-9,13H,3-5H2,1-2H3,(H,11,12). The molecule has 0 amide bonds. The highest BCUT2D eigenvalue weighted by atomic mass is 32.2. The third-order valence-corrected chi connectivity index (χ3v) is 4.77. The van der Waals surface area contributed by atoms with E-state index in [1.54, 1.807) is 0 Å². The van der Waals surface area contributed by atoms with Crippen molar-refractivity contribution in [2.45, 2.75) is 31.1 Å². The Hall–Kier alpha value is -0.220. The quantitative estimate of drug-likeness (QED) is 0.686. The van der Waals surface area contributed by atoms with E-state index in [4.69, 9.17) is 0 Å². The summed E-state index contributed by atoms with van der Waals surface area (Å²) in [7, 11) is 1.83. The van der Waals surface area contributed by atoms with Crippen LogP contribution in [0.4, 0.5) is 0 Å². The van der Waals surface area contributed by atoms with Crippen LogP contribution in [0.5, 0.6) is 0 Å². The molecule has 2 aliphatic rings. The second-order valence-electron chi connectivity index (χ2n) is 4.33. The number of rotatable bonds is 1. The van der Waals surface area contributed by atoms with Crippen molar-refractivity contribution >= 4 is 16.9 Å². The summed E-state index contributed by atoms with van der Waals surface area (Å²) in [5.41, 5.74) is 0. The molecular formula is C10H18N2OS. The van der Waals surface area contributed by atoms with Crippen molar-refractivity contribution in [2.24, 2.45) is 16.8 Å². The van der Waals surface area contributed by atoms with E-state index in [-0.39, 0.29) is 0 Å². The first-order valence-electron chi connectivity index (χ1n) is 5.25. The van der Waals surface area contributed by atoms with Crippen LogP contribution in [0.1, 0.15) is 19.8 Å². The van der Waals surface area contributed by atoms with Gasteiger partial charge in [0, 0.05) is 24.9 Å². The minimum absolute atomic E-state index is 0.337. The summed E-state index contributed by atoms with van der Waals surface area (Å²) in [6.45, 7) is 2.58. The number of hydrogen-bond acceptors (Lipinski definition) is 3. The van der Waals surface area contributed by atoms with Crippen LogP contribution >= 0.6 is 11.8 Å². The van der Waals surface area contributed by atoms with Crippen molar-refractivity contribution in [3.05, 3.63) is 0 Å². The fourth-order valence-electron chi connectivity index (χ4n) is 2.43. The Morgan fingerprint density at radius 3 is 3.00 bits per heavy atom. The normalized spacial score (nSPS) is 44.9. The van der Waals surface area contributed by atoms with E-state index in [0.29, 0.717) is 29.7 Å². The van der Waals surface area contributed by atoms with Crippen LogP contribution in [0, 0.1) is 11.8 Å². The molecular weight excluding hydrogens is 196 g/mol. The van der Waals surface area contributed by atoms with Crippen molar-refractivity contribution in [1.29, 1.82) is 0 Å². The fourth-order valence-corrected chi connectivity index (χ4v) is 3.73. The summed E-state index contributed by atoms with van der Waals surface area (Å²) >= 11 is 1.84. The number of aliphatic hydroxyl groups is 1. The maximum absolute atomic E-state index is 9.24. The molecule has 0 aromatic rings. The van der Waals surface area contributed by atoms with Gasteiger partial charge in [0.05, 0.1) is 0 Å². The summed E-state index contributed by atoms with van der Waals surface area (Å²) in [6, 6.07) is 0.580. The van der Waals surface area contributed by atoms with Gasteiger partial charge in [-0.15, -0.1) is 0 Å². The molecule has 4 unspecified atom stereocenters. The molecule has 4 atom stereocenters. The molecule has 2 N–H and O–H groups in total. The second kappa shape index (κ2) is 4.11. The minimum atomic E-state index is 0.337. The Morgan fingerprint density at radius 1 is 1.57 bits per heavy atom. The molecule has 1 aliphatic heterocycles. The first-order valence-corrected chi connectivity index (χ1v) is 6.13. The first kappa shape index (κ1) is 10.3. The van der Waals surface area contributed by atoms with E-state index in [2.05, 4.69) is 17.2 Å². The van der Waals surface area contributed by atoms with Gasteiger partial charge in [0.2, 0.25) is 0 Å². The Kier molecular flexibility index (Phi) is 3.02. The number of amidine groups is 1. The molecule has 1 saturated carbocycles. The number of aliphatic imine (C=N–C) groups is 1. The lowest BCUT2D eigenvalue weighted by Gasteiger charge is -2.34. The number of aliphatic hydroxyl groups excluding tert-OH is 1. The average molecular weight is 214 g/mol. The van der Waals surface area contributed by atoms with Crippen LogP contribution in [0.3, 0.4) is 0 Å². The fraction of sp³-hybridized carbons (Fsp3) is 0.900. The van der Waals surface area contributed by atoms with Crippen LogP contribution < -0.4 is 5.32 Å². The van der Waals surface area contributed by atoms with Crippen molar-refractivity contribution in [1.82, 2.24) is 5.32 Å². The number of hydrogen-bond donors (Lipinski definition) is 2. The molecule has 1 aliphatic carbocycles. The summed E-state index contributed by atoms with van der Waals surface area (Å²) in [4.78, 5) is 4.19. The topological polar surface area (TPSA) is 44.6 Å². The highest BCUT2D eigenvalue weighted by molar-refractivity contribution is 8.14.